The maximum absolute atomic E-state index is 12.9. The number of piperazine rings is 1. The summed E-state index contributed by atoms with van der Waals surface area (Å²) in [6.07, 6.45) is 0. The van der Waals surface area contributed by atoms with Gasteiger partial charge in [0.05, 0.1) is 4.90 Å². The van der Waals surface area contributed by atoms with Gasteiger partial charge >= 0.3 is 0 Å². The van der Waals surface area contributed by atoms with E-state index in [2.05, 4.69) is 15.5 Å². The van der Waals surface area contributed by atoms with Gasteiger partial charge in [-0.2, -0.15) is 4.31 Å². The Morgan fingerprint density at radius 1 is 0.970 bits per heavy atom. The molecule has 3 rings (SSSR count). The largest absolute Gasteiger partial charge is 0.340 e. The molecule has 0 bridgehead atoms. The van der Waals surface area contributed by atoms with Gasteiger partial charge in [0.25, 0.3) is 5.91 Å². The van der Waals surface area contributed by atoms with E-state index in [1.807, 2.05) is 33.9 Å². The highest BCUT2D eigenvalue weighted by Crippen LogP contribution is 2.20. The van der Waals surface area contributed by atoms with Crippen LogP contribution < -0.4 is 10.6 Å². The molecule has 2 N–H and O–H groups in total. The smallest absolute Gasteiger partial charge is 0.251 e. The molecule has 0 aliphatic carbocycles. The number of amides is 2. The van der Waals surface area contributed by atoms with Crippen LogP contribution in [0.15, 0.2) is 53.4 Å². The molecule has 1 heterocycles. The summed E-state index contributed by atoms with van der Waals surface area (Å²) < 4.78 is 27.2. The number of aryl methyl sites for hydroxylation is 1. The molecule has 1 saturated heterocycles. The first-order chi connectivity index (χ1) is 15.6. The van der Waals surface area contributed by atoms with Gasteiger partial charge in [-0.3, -0.25) is 9.59 Å². The predicted molar refractivity (Wildman–Crippen MR) is 129 cm³/mol. The van der Waals surface area contributed by atoms with Crippen LogP contribution in [0.1, 0.15) is 29.8 Å². The van der Waals surface area contributed by atoms with Crippen molar-refractivity contribution in [2.24, 2.45) is 5.92 Å². The fourth-order valence-electron chi connectivity index (χ4n) is 3.65. The molecule has 0 unspecified atom stereocenters. The summed E-state index contributed by atoms with van der Waals surface area (Å²) in [4.78, 5) is 27.8. The van der Waals surface area contributed by atoms with E-state index in [0.717, 1.165) is 5.56 Å². The minimum absolute atomic E-state index is 0.143. The van der Waals surface area contributed by atoms with Crippen LogP contribution in [0.3, 0.4) is 0 Å². The lowest BCUT2D eigenvalue weighted by Crippen LogP contribution is -2.47. The van der Waals surface area contributed by atoms with E-state index in [1.165, 1.54) is 16.4 Å². The van der Waals surface area contributed by atoms with Gasteiger partial charge in [0, 0.05) is 37.4 Å². The Hall–Kier alpha value is -2.75. The van der Waals surface area contributed by atoms with Crippen molar-refractivity contribution in [1.82, 2.24) is 14.5 Å². The number of rotatable bonds is 7. The zero-order valence-electron chi connectivity index (χ0n) is 19.5. The van der Waals surface area contributed by atoms with E-state index in [0.29, 0.717) is 37.4 Å². The number of hydrogen-bond donors (Lipinski definition) is 2. The van der Waals surface area contributed by atoms with Crippen molar-refractivity contribution in [3.63, 3.8) is 0 Å². The van der Waals surface area contributed by atoms with E-state index in [-0.39, 0.29) is 22.6 Å². The second kappa shape index (κ2) is 10.5. The standard InChI is InChI=1S/C24H32N4O4S/c1-17(2)22(26-23(29)19-7-5-6-18(3)16-19)24(30)25-20-8-10-21(11-9-20)33(31,32)28-14-12-27(4)13-15-28/h5-11,16-17,22H,12-15H2,1-4H3,(H,25,30)(H,26,29)/t22-/m0/s1. The maximum Gasteiger partial charge on any atom is 0.251 e. The number of carbonyl (C=O) groups is 2. The second-order valence-electron chi connectivity index (χ2n) is 8.79. The van der Waals surface area contributed by atoms with Gasteiger partial charge in [-0.1, -0.05) is 31.5 Å². The lowest BCUT2D eigenvalue weighted by Gasteiger charge is -2.31. The molecule has 2 aromatic rings. The van der Waals surface area contributed by atoms with Gasteiger partial charge in [0.15, 0.2) is 0 Å². The van der Waals surface area contributed by atoms with Gasteiger partial charge in [-0.15, -0.1) is 0 Å². The Morgan fingerprint density at radius 3 is 2.18 bits per heavy atom. The van der Waals surface area contributed by atoms with Crippen molar-refractivity contribution in [2.75, 3.05) is 38.5 Å². The highest BCUT2D eigenvalue weighted by atomic mass is 32.2. The van der Waals surface area contributed by atoms with Gasteiger partial charge in [-0.05, 0) is 56.3 Å². The number of carbonyl (C=O) groups excluding carboxylic acids is 2. The average Bonchev–Trinajstić information content (AvgIpc) is 2.77. The lowest BCUT2D eigenvalue weighted by molar-refractivity contribution is -0.118. The molecule has 1 aliphatic heterocycles. The van der Waals surface area contributed by atoms with Crippen molar-refractivity contribution in [1.29, 1.82) is 0 Å². The third kappa shape index (κ3) is 6.19. The minimum atomic E-state index is -3.57. The van der Waals surface area contributed by atoms with E-state index in [9.17, 15) is 18.0 Å². The SMILES string of the molecule is Cc1cccc(C(=O)N[C@H](C(=O)Nc2ccc(S(=O)(=O)N3CCN(C)CC3)cc2)C(C)C)c1. The Balaban J connectivity index is 1.67. The molecule has 1 aliphatic rings. The first-order valence-corrected chi connectivity index (χ1v) is 12.5. The van der Waals surface area contributed by atoms with Crippen LogP contribution in [0.5, 0.6) is 0 Å². The summed E-state index contributed by atoms with van der Waals surface area (Å²) in [6.45, 7) is 7.90. The number of sulfonamides is 1. The quantitative estimate of drug-likeness (QED) is 0.644. The van der Waals surface area contributed by atoms with Crippen LogP contribution >= 0.6 is 0 Å². The molecule has 0 aromatic heterocycles. The minimum Gasteiger partial charge on any atom is -0.340 e. The number of likely N-dealkylation sites (N-methyl/N-ethyl adjacent to an activating group) is 1. The number of benzene rings is 2. The fourth-order valence-corrected chi connectivity index (χ4v) is 5.08. The molecule has 9 heteroatoms. The Bertz CT molecular complexity index is 1090. The molecule has 8 nitrogen and oxygen atoms in total. The van der Waals surface area contributed by atoms with Gasteiger partial charge in [-0.25, -0.2) is 8.42 Å². The maximum atomic E-state index is 12.9. The summed E-state index contributed by atoms with van der Waals surface area (Å²) in [7, 11) is -1.61. The monoisotopic (exact) mass is 472 g/mol. The molecule has 1 atom stereocenters. The van der Waals surface area contributed by atoms with E-state index in [1.54, 1.807) is 30.3 Å². The van der Waals surface area contributed by atoms with Crippen LogP contribution in [0.4, 0.5) is 5.69 Å². The van der Waals surface area contributed by atoms with E-state index in [4.69, 9.17) is 0 Å². The number of hydrogen-bond acceptors (Lipinski definition) is 5. The Kier molecular flexibility index (Phi) is 7.88. The van der Waals surface area contributed by atoms with Crippen LogP contribution in [-0.2, 0) is 14.8 Å². The van der Waals surface area contributed by atoms with Crippen LogP contribution in [0, 0.1) is 12.8 Å². The molecular formula is C24H32N4O4S. The molecular weight excluding hydrogens is 440 g/mol. The Labute approximate surface area is 196 Å². The summed E-state index contributed by atoms with van der Waals surface area (Å²) in [6, 6.07) is 12.6. The normalized spacial score (nSPS) is 16.4. The molecule has 1 fully saturated rings. The molecule has 0 spiro atoms. The predicted octanol–water partition coefficient (Wildman–Crippen LogP) is 2.32. The number of nitrogens with zero attached hydrogens (tertiary/aromatic N) is 2. The van der Waals surface area contributed by atoms with Gasteiger partial charge in [0.1, 0.15) is 6.04 Å². The van der Waals surface area contributed by atoms with Crippen molar-refractivity contribution >= 4 is 27.5 Å². The molecule has 33 heavy (non-hydrogen) atoms. The topological polar surface area (TPSA) is 98.8 Å². The zero-order valence-corrected chi connectivity index (χ0v) is 20.4. The zero-order chi connectivity index (χ0) is 24.2. The average molecular weight is 473 g/mol. The van der Waals surface area contributed by atoms with Gasteiger partial charge in [0.2, 0.25) is 15.9 Å². The van der Waals surface area contributed by atoms with Crippen molar-refractivity contribution in [2.45, 2.75) is 31.7 Å². The third-order valence-electron chi connectivity index (χ3n) is 5.74. The van der Waals surface area contributed by atoms with Crippen LogP contribution in [0.25, 0.3) is 0 Å². The second-order valence-corrected chi connectivity index (χ2v) is 10.7. The summed E-state index contributed by atoms with van der Waals surface area (Å²) in [5.41, 5.74) is 1.92. The van der Waals surface area contributed by atoms with E-state index >= 15 is 0 Å². The summed E-state index contributed by atoms with van der Waals surface area (Å²) in [5.74, 6) is -0.822. The molecule has 0 radical (unpaired) electrons. The van der Waals surface area contributed by atoms with Crippen molar-refractivity contribution in [3.8, 4) is 0 Å². The van der Waals surface area contributed by atoms with Gasteiger partial charge < -0.3 is 15.5 Å². The number of nitrogens with one attached hydrogen (secondary N) is 2. The van der Waals surface area contributed by atoms with Crippen molar-refractivity contribution < 1.29 is 18.0 Å². The molecule has 0 saturated carbocycles. The fraction of sp³-hybridized carbons (Fsp3) is 0.417. The third-order valence-corrected chi connectivity index (χ3v) is 7.65. The first-order valence-electron chi connectivity index (χ1n) is 11.0. The number of anilines is 1. The summed E-state index contributed by atoms with van der Waals surface area (Å²) in [5, 5.41) is 5.59. The van der Waals surface area contributed by atoms with Crippen molar-refractivity contribution in [3.05, 3.63) is 59.7 Å². The summed E-state index contributed by atoms with van der Waals surface area (Å²) >= 11 is 0. The lowest BCUT2D eigenvalue weighted by atomic mass is 10.0. The first kappa shape index (κ1) is 24.9. The molecule has 2 amide bonds. The molecule has 2 aromatic carbocycles. The molecule has 178 valence electrons. The Morgan fingerprint density at radius 2 is 1.61 bits per heavy atom. The van der Waals surface area contributed by atoms with Crippen LogP contribution in [-0.4, -0.2) is 68.7 Å². The highest BCUT2D eigenvalue weighted by Gasteiger charge is 2.28. The highest BCUT2D eigenvalue weighted by molar-refractivity contribution is 7.89. The van der Waals surface area contributed by atoms with Crippen LogP contribution in [0.2, 0.25) is 0 Å². The van der Waals surface area contributed by atoms with E-state index < -0.39 is 16.1 Å².